The largest absolute Gasteiger partial charge is 0.504 e. The Morgan fingerprint density at radius 3 is 2.15 bits per heavy atom. The van der Waals surface area contributed by atoms with Crippen molar-refractivity contribution in [2.75, 3.05) is 13.2 Å². The zero-order chi connectivity index (χ0) is 34.4. The van der Waals surface area contributed by atoms with E-state index in [1.807, 2.05) is 0 Å². The number of aliphatic hydroxyl groups excluding tert-OH is 4. The molecule has 10 atom stereocenters. The highest BCUT2D eigenvalue weighted by molar-refractivity contribution is 5.87. The first-order valence-corrected chi connectivity index (χ1v) is 14.6. The summed E-state index contributed by atoms with van der Waals surface area (Å²) in [5.74, 6) is -3.11. The number of hydrogen-bond acceptors (Lipinski definition) is 16. The van der Waals surface area contributed by atoms with Crippen molar-refractivity contribution in [2.45, 2.75) is 81.7 Å². The minimum atomic E-state index is -1.78. The molecule has 16 heteroatoms. The number of benzene rings is 2. The van der Waals surface area contributed by atoms with Gasteiger partial charge in [-0.05, 0) is 54.8 Å². The van der Waals surface area contributed by atoms with Crippen LogP contribution in [-0.4, -0.2) is 127 Å². The van der Waals surface area contributed by atoms with E-state index in [0.717, 1.165) is 13.0 Å². The van der Waals surface area contributed by atoms with Gasteiger partial charge in [-0.3, -0.25) is 4.79 Å². The molecule has 16 nitrogen and oxygen atoms in total. The van der Waals surface area contributed by atoms with Gasteiger partial charge in [-0.1, -0.05) is 12.1 Å². The van der Waals surface area contributed by atoms with Crippen LogP contribution in [0.4, 0.5) is 0 Å². The minimum absolute atomic E-state index is 0.103. The second-order valence-corrected chi connectivity index (χ2v) is 11.0. The molecule has 2 heterocycles. The van der Waals surface area contributed by atoms with Crippen LogP contribution in [0.5, 0.6) is 23.0 Å². The van der Waals surface area contributed by atoms with Crippen LogP contribution >= 0.6 is 0 Å². The highest BCUT2D eigenvalue weighted by Crippen LogP contribution is 2.32. The molecule has 2 aliphatic heterocycles. The fraction of sp³-hybridized carbons (Fsp3) is 0.484. The number of phenols is 4. The third kappa shape index (κ3) is 9.09. The number of carbonyl (C=O) groups is 2. The molecule has 258 valence electrons. The maximum Gasteiger partial charge on any atom is 0.330 e. The average Bonchev–Trinajstić information content (AvgIpc) is 3.02. The molecule has 4 rings (SSSR count). The molecular formula is C31H38O16. The summed E-state index contributed by atoms with van der Waals surface area (Å²) in [6.07, 6.45) is -12.6. The molecule has 0 radical (unpaired) electrons. The van der Waals surface area contributed by atoms with E-state index in [1.165, 1.54) is 49.4 Å². The van der Waals surface area contributed by atoms with Gasteiger partial charge in [0, 0.05) is 13.0 Å². The maximum absolute atomic E-state index is 12.5. The van der Waals surface area contributed by atoms with Crippen molar-refractivity contribution in [2.24, 2.45) is 0 Å². The number of carbonyl (C=O) groups excluding carboxylic acids is 2. The molecule has 2 aromatic rings. The highest BCUT2D eigenvalue weighted by atomic mass is 16.7. The van der Waals surface area contributed by atoms with E-state index in [0.29, 0.717) is 11.1 Å². The van der Waals surface area contributed by atoms with Gasteiger partial charge < -0.3 is 69.3 Å². The molecule has 2 aliphatic rings. The van der Waals surface area contributed by atoms with Crippen LogP contribution in [-0.2, 0) is 44.4 Å². The summed E-state index contributed by atoms with van der Waals surface area (Å²) in [6, 6.07) is 8.02. The zero-order valence-electron chi connectivity index (χ0n) is 25.4. The number of esters is 2. The quantitative estimate of drug-likeness (QED) is 0.0859. The summed E-state index contributed by atoms with van der Waals surface area (Å²) >= 11 is 0. The first-order chi connectivity index (χ1) is 22.2. The van der Waals surface area contributed by atoms with E-state index in [4.69, 9.17) is 28.4 Å². The Labute approximate surface area is 268 Å². The van der Waals surface area contributed by atoms with Crippen LogP contribution in [0, 0.1) is 0 Å². The summed E-state index contributed by atoms with van der Waals surface area (Å²) < 4.78 is 33.8. The third-order valence-corrected chi connectivity index (χ3v) is 7.53. The summed E-state index contributed by atoms with van der Waals surface area (Å²) in [6.45, 7) is 1.83. The maximum atomic E-state index is 12.5. The SMILES string of the molecule is CC(=O)O[C@H]1[C@H](OCCc2ccc(O)c(O)c2)O[C@H](COC(=O)/C=C/c2ccc(O)c(O)c2)[C@@H](O)[C@@H]1O[C@@H]1O[C@@H](C)[C@H](O)[C@@H](O)[C@H]1O. The number of aliphatic hydroxyl groups is 4. The van der Waals surface area contributed by atoms with E-state index in [1.54, 1.807) is 0 Å². The first kappa shape index (κ1) is 35.8. The van der Waals surface area contributed by atoms with E-state index < -0.39 is 85.7 Å². The standard InChI is InChI=1S/C31H38O16/c1-14-24(38)26(40)27(41)30(44-14)47-28-25(39)22(13-43-23(37)8-5-16-3-6-18(33)20(35)11-16)46-31(29(28)45-15(2)32)42-10-9-17-4-7-19(34)21(36)12-17/h3-8,11-12,14,22,24-31,33-36,38-41H,9-10,13H2,1-2H3/b8-5+/t14-,22+,24-,25+,26+,27+,28-,29+,30-,31+/m0/s1. The highest BCUT2D eigenvalue weighted by Gasteiger charge is 2.52. The molecular weight excluding hydrogens is 628 g/mol. The molecule has 47 heavy (non-hydrogen) atoms. The van der Waals surface area contributed by atoms with Crippen molar-refractivity contribution in [1.82, 2.24) is 0 Å². The predicted octanol–water partition coefficient (Wildman–Crippen LogP) is -0.445. The van der Waals surface area contributed by atoms with Crippen molar-refractivity contribution < 1.29 is 78.9 Å². The molecule has 0 spiro atoms. The van der Waals surface area contributed by atoms with Gasteiger partial charge in [0.15, 0.2) is 41.7 Å². The normalized spacial score (nSPS) is 31.0. The first-order valence-electron chi connectivity index (χ1n) is 14.6. The topological polar surface area (TPSA) is 251 Å². The number of ether oxygens (including phenoxy) is 6. The molecule has 8 N–H and O–H groups in total. The third-order valence-electron chi connectivity index (χ3n) is 7.53. The lowest BCUT2D eigenvalue weighted by molar-refractivity contribution is -0.357. The van der Waals surface area contributed by atoms with Crippen molar-refractivity contribution in [1.29, 1.82) is 0 Å². The van der Waals surface area contributed by atoms with Crippen molar-refractivity contribution >= 4 is 18.0 Å². The molecule has 0 amide bonds. The monoisotopic (exact) mass is 666 g/mol. The molecule has 0 unspecified atom stereocenters. The molecule has 0 saturated carbocycles. The summed E-state index contributed by atoms with van der Waals surface area (Å²) in [5.41, 5.74) is 0.930. The van der Waals surface area contributed by atoms with Crippen molar-refractivity contribution in [3.63, 3.8) is 0 Å². The molecule has 0 bridgehead atoms. The number of aromatic hydroxyl groups is 4. The van der Waals surface area contributed by atoms with Gasteiger partial charge in [-0.25, -0.2) is 4.79 Å². The van der Waals surface area contributed by atoms with Gasteiger partial charge in [0.05, 0.1) is 12.7 Å². The summed E-state index contributed by atoms with van der Waals surface area (Å²) in [4.78, 5) is 24.6. The predicted molar refractivity (Wildman–Crippen MR) is 157 cm³/mol. The Balaban J connectivity index is 1.53. The van der Waals surface area contributed by atoms with E-state index in [9.17, 15) is 50.4 Å². The van der Waals surface area contributed by atoms with Gasteiger partial charge in [0.25, 0.3) is 0 Å². The second kappa shape index (κ2) is 15.7. The van der Waals surface area contributed by atoms with E-state index in [-0.39, 0.29) is 30.3 Å². The van der Waals surface area contributed by atoms with Gasteiger partial charge in [-0.2, -0.15) is 0 Å². The zero-order valence-corrected chi connectivity index (χ0v) is 25.4. The summed E-state index contributed by atoms with van der Waals surface area (Å²) in [5, 5.41) is 80.7. The Kier molecular flexibility index (Phi) is 12.0. The van der Waals surface area contributed by atoms with E-state index >= 15 is 0 Å². The van der Waals surface area contributed by atoms with Crippen LogP contribution in [0.1, 0.15) is 25.0 Å². The van der Waals surface area contributed by atoms with Crippen LogP contribution in [0.3, 0.4) is 0 Å². The molecule has 0 aliphatic carbocycles. The molecule has 0 aromatic heterocycles. The smallest absolute Gasteiger partial charge is 0.330 e. The van der Waals surface area contributed by atoms with Crippen molar-refractivity contribution in [3.8, 4) is 23.0 Å². The van der Waals surface area contributed by atoms with Crippen LogP contribution in [0.25, 0.3) is 6.08 Å². The fourth-order valence-electron chi connectivity index (χ4n) is 4.95. The van der Waals surface area contributed by atoms with E-state index in [2.05, 4.69) is 0 Å². The Bertz CT molecular complexity index is 1410. The lowest BCUT2D eigenvalue weighted by Gasteiger charge is -2.46. The average molecular weight is 667 g/mol. The van der Waals surface area contributed by atoms with Gasteiger partial charge in [-0.15, -0.1) is 0 Å². The summed E-state index contributed by atoms with van der Waals surface area (Å²) in [7, 11) is 0. The molecule has 2 aromatic carbocycles. The van der Waals surface area contributed by atoms with Gasteiger partial charge >= 0.3 is 11.9 Å². The minimum Gasteiger partial charge on any atom is -0.504 e. The van der Waals surface area contributed by atoms with Crippen LogP contribution in [0.2, 0.25) is 0 Å². The number of rotatable bonds is 11. The van der Waals surface area contributed by atoms with Crippen LogP contribution in [0.15, 0.2) is 42.5 Å². The Hall–Kier alpha value is -4.00. The Morgan fingerprint density at radius 2 is 1.49 bits per heavy atom. The molecule has 2 saturated heterocycles. The fourth-order valence-corrected chi connectivity index (χ4v) is 4.95. The lowest BCUT2D eigenvalue weighted by atomic mass is 9.97. The second-order valence-electron chi connectivity index (χ2n) is 11.0. The lowest BCUT2D eigenvalue weighted by Crippen LogP contribution is -2.65. The van der Waals surface area contributed by atoms with Crippen LogP contribution < -0.4 is 0 Å². The number of hydrogen-bond donors (Lipinski definition) is 8. The number of phenolic OH excluding ortho intramolecular Hbond substituents is 4. The van der Waals surface area contributed by atoms with Gasteiger partial charge in [0.1, 0.15) is 43.2 Å². The van der Waals surface area contributed by atoms with Crippen molar-refractivity contribution in [3.05, 3.63) is 53.6 Å². The Morgan fingerprint density at radius 1 is 0.809 bits per heavy atom. The molecule has 2 fully saturated rings. The van der Waals surface area contributed by atoms with Gasteiger partial charge in [0.2, 0.25) is 0 Å².